The van der Waals surface area contributed by atoms with Gasteiger partial charge in [-0.3, -0.25) is 0 Å². The molecule has 6 heteroatoms. The maximum Gasteiger partial charge on any atom is 0.410 e. The number of nitrogens with zero attached hydrogens (tertiary/aromatic N) is 3. The SMILES string of the molecule is CC(C)(C)OC(=O)N1CCC(Nc2ccccc2-n2cccn2)CC1. The lowest BCUT2D eigenvalue weighted by Crippen LogP contribution is -2.44. The number of nitrogens with one attached hydrogen (secondary N) is 1. The summed E-state index contributed by atoms with van der Waals surface area (Å²) in [5, 5.41) is 7.92. The van der Waals surface area contributed by atoms with E-state index in [0.29, 0.717) is 19.1 Å². The molecule has 1 fully saturated rings. The fraction of sp³-hybridized carbons (Fsp3) is 0.474. The fourth-order valence-corrected chi connectivity index (χ4v) is 2.96. The van der Waals surface area contributed by atoms with Gasteiger partial charge in [-0.2, -0.15) is 5.10 Å². The molecule has 1 N–H and O–H groups in total. The van der Waals surface area contributed by atoms with E-state index in [1.165, 1.54) is 0 Å². The number of anilines is 1. The molecule has 0 unspecified atom stereocenters. The number of piperidine rings is 1. The number of carbonyl (C=O) groups is 1. The van der Waals surface area contributed by atoms with Gasteiger partial charge in [0.1, 0.15) is 5.60 Å². The molecule has 25 heavy (non-hydrogen) atoms. The molecule has 0 aliphatic carbocycles. The molecule has 2 aromatic rings. The number of likely N-dealkylation sites (tertiary alicyclic amines) is 1. The van der Waals surface area contributed by atoms with Crippen LogP contribution in [0.25, 0.3) is 5.69 Å². The molecule has 2 heterocycles. The minimum atomic E-state index is -0.450. The monoisotopic (exact) mass is 342 g/mol. The lowest BCUT2D eigenvalue weighted by atomic mass is 10.0. The molecular weight excluding hydrogens is 316 g/mol. The average Bonchev–Trinajstić information content (AvgIpc) is 3.09. The predicted molar refractivity (Wildman–Crippen MR) is 98.0 cm³/mol. The van der Waals surface area contributed by atoms with Crippen LogP contribution >= 0.6 is 0 Å². The van der Waals surface area contributed by atoms with Gasteiger partial charge in [-0.05, 0) is 51.8 Å². The zero-order valence-corrected chi connectivity index (χ0v) is 15.1. The lowest BCUT2D eigenvalue weighted by molar-refractivity contribution is 0.0210. The summed E-state index contributed by atoms with van der Waals surface area (Å²) in [7, 11) is 0. The van der Waals surface area contributed by atoms with Crippen molar-refractivity contribution in [3.8, 4) is 5.69 Å². The number of benzene rings is 1. The second-order valence-corrected chi connectivity index (χ2v) is 7.35. The number of hydrogen-bond donors (Lipinski definition) is 1. The Hall–Kier alpha value is -2.50. The molecule has 134 valence electrons. The summed E-state index contributed by atoms with van der Waals surface area (Å²) in [6.45, 7) is 7.09. The van der Waals surface area contributed by atoms with E-state index in [0.717, 1.165) is 24.2 Å². The van der Waals surface area contributed by atoms with Crippen LogP contribution in [0.2, 0.25) is 0 Å². The third-order valence-electron chi connectivity index (χ3n) is 4.16. The number of carbonyl (C=O) groups excluding carboxylic acids is 1. The van der Waals surface area contributed by atoms with Crippen LogP contribution in [0.4, 0.5) is 10.5 Å². The first-order chi connectivity index (χ1) is 11.9. The van der Waals surface area contributed by atoms with Crippen molar-refractivity contribution >= 4 is 11.8 Å². The molecular formula is C19H26N4O2. The minimum Gasteiger partial charge on any atom is -0.444 e. The van der Waals surface area contributed by atoms with Gasteiger partial charge in [0.15, 0.2) is 0 Å². The molecule has 0 bridgehead atoms. The Bertz CT molecular complexity index is 698. The molecule has 1 aliphatic heterocycles. The first-order valence-corrected chi connectivity index (χ1v) is 8.76. The van der Waals surface area contributed by atoms with Crippen LogP contribution in [0.5, 0.6) is 0 Å². The van der Waals surface area contributed by atoms with Gasteiger partial charge >= 0.3 is 6.09 Å². The van der Waals surface area contributed by atoms with Crippen LogP contribution in [0.15, 0.2) is 42.7 Å². The molecule has 0 atom stereocenters. The topological polar surface area (TPSA) is 59.4 Å². The van der Waals surface area contributed by atoms with Gasteiger partial charge in [-0.1, -0.05) is 12.1 Å². The Balaban J connectivity index is 1.59. The number of hydrogen-bond acceptors (Lipinski definition) is 4. The molecule has 1 saturated heterocycles. The highest BCUT2D eigenvalue weighted by atomic mass is 16.6. The molecule has 1 aromatic carbocycles. The Morgan fingerprint density at radius 3 is 2.56 bits per heavy atom. The number of amides is 1. The van der Waals surface area contributed by atoms with Crippen LogP contribution in [-0.4, -0.2) is 45.5 Å². The van der Waals surface area contributed by atoms with Gasteiger partial charge in [0.2, 0.25) is 0 Å². The molecule has 1 amide bonds. The summed E-state index contributed by atoms with van der Waals surface area (Å²) < 4.78 is 7.31. The van der Waals surface area contributed by atoms with Crippen molar-refractivity contribution < 1.29 is 9.53 Å². The van der Waals surface area contributed by atoms with Gasteiger partial charge in [-0.25, -0.2) is 9.48 Å². The zero-order chi connectivity index (χ0) is 17.9. The van der Waals surface area contributed by atoms with Crippen molar-refractivity contribution in [2.24, 2.45) is 0 Å². The summed E-state index contributed by atoms with van der Waals surface area (Å²) in [6, 6.07) is 10.4. The summed E-state index contributed by atoms with van der Waals surface area (Å²) in [5.41, 5.74) is 1.64. The Labute approximate surface area is 148 Å². The summed E-state index contributed by atoms with van der Waals surface area (Å²) >= 11 is 0. The molecule has 3 rings (SSSR count). The van der Waals surface area contributed by atoms with Crippen LogP contribution in [0, 0.1) is 0 Å². The van der Waals surface area contributed by atoms with E-state index in [4.69, 9.17) is 4.74 Å². The molecule has 0 spiro atoms. The zero-order valence-electron chi connectivity index (χ0n) is 15.1. The standard InChI is InChI=1S/C19H26N4O2/c1-19(2,3)25-18(24)22-13-9-15(10-14-22)21-16-7-4-5-8-17(16)23-12-6-11-20-23/h4-8,11-12,15,21H,9-10,13-14H2,1-3H3. The number of para-hydroxylation sites is 2. The minimum absolute atomic E-state index is 0.220. The van der Waals surface area contributed by atoms with E-state index in [-0.39, 0.29) is 6.09 Å². The molecule has 0 saturated carbocycles. The maximum atomic E-state index is 12.2. The summed E-state index contributed by atoms with van der Waals surface area (Å²) in [5.74, 6) is 0. The summed E-state index contributed by atoms with van der Waals surface area (Å²) in [4.78, 5) is 14.0. The van der Waals surface area contributed by atoms with Gasteiger partial charge in [-0.15, -0.1) is 0 Å². The Kier molecular flexibility index (Phi) is 4.97. The van der Waals surface area contributed by atoms with Crippen molar-refractivity contribution in [3.63, 3.8) is 0 Å². The smallest absolute Gasteiger partial charge is 0.410 e. The van der Waals surface area contributed by atoms with Crippen LogP contribution in [0.1, 0.15) is 33.6 Å². The van der Waals surface area contributed by atoms with E-state index in [2.05, 4.69) is 16.5 Å². The molecule has 6 nitrogen and oxygen atoms in total. The molecule has 1 aliphatic rings. The van der Waals surface area contributed by atoms with E-state index in [1.54, 1.807) is 11.1 Å². The largest absolute Gasteiger partial charge is 0.444 e. The van der Waals surface area contributed by atoms with Crippen molar-refractivity contribution in [2.45, 2.75) is 45.3 Å². The van der Waals surface area contributed by atoms with Gasteiger partial charge in [0.25, 0.3) is 0 Å². The third-order valence-corrected chi connectivity index (χ3v) is 4.16. The number of aromatic nitrogens is 2. The number of rotatable bonds is 3. The summed E-state index contributed by atoms with van der Waals surface area (Å²) in [6.07, 6.45) is 5.28. The average molecular weight is 342 g/mol. The van der Waals surface area contributed by atoms with E-state index in [9.17, 15) is 4.79 Å². The fourth-order valence-electron chi connectivity index (χ4n) is 2.96. The van der Waals surface area contributed by atoms with Crippen molar-refractivity contribution in [2.75, 3.05) is 18.4 Å². The second-order valence-electron chi connectivity index (χ2n) is 7.35. The van der Waals surface area contributed by atoms with Crippen molar-refractivity contribution in [1.82, 2.24) is 14.7 Å². The first-order valence-electron chi connectivity index (χ1n) is 8.76. The highest BCUT2D eigenvalue weighted by Crippen LogP contribution is 2.23. The Morgan fingerprint density at radius 2 is 1.92 bits per heavy atom. The van der Waals surface area contributed by atoms with Gasteiger partial charge in [0.05, 0.1) is 11.4 Å². The molecule has 1 aromatic heterocycles. The van der Waals surface area contributed by atoms with E-state index < -0.39 is 5.60 Å². The highest BCUT2D eigenvalue weighted by Gasteiger charge is 2.27. The second kappa shape index (κ2) is 7.17. The lowest BCUT2D eigenvalue weighted by Gasteiger charge is -2.34. The highest BCUT2D eigenvalue weighted by molar-refractivity contribution is 5.68. The quantitative estimate of drug-likeness (QED) is 0.924. The number of ether oxygens (including phenoxy) is 1. The predicted octanol–water partition coefficient (Wildman–Crippen LogP) is 3.68. The van der Waals surface area contributed by atoms with Crippen LogP contribution in [0.3, 0.4) is 0 Å². The van der Waals surface area contributed by atoms with Gasteiger partial charge < -0.3 is 15.0 Å². The molecule has 0 radical (unpaired) electrons. The van der Waals surface area contributed by atoms with Crippen LogP contribution < -0.4 is 5.32 Å². The van der Waals surface area contributed by atoms with Crippen molar-refractivity contribution in [1.29, 1.82) is 0 Å². The normalized spacial score (nSPS) is 15.9. The van der Waals surface area contributed by atoms with E-state index in [1.807, 2.05) is 55.9 Å². The van der Waals surface area contributed by atoms with Crippen LogP contribution in [-0.2, 0) is 4.74 Å². The first kappa shape index (κ1) is 17.3. The van der Waals surface area contributed by atoms with E-state index >= 15 is 0 Å². The van der Waals surface area contributed by atoms with Gasteiger partial charge in [0, 0.05) is 31.5 Å². The third kappa shape index (κ3) is 4.53. The Morgan fingerprint density at radius 1 is 1.20 bits per heavy atom. The van der Waals surface area contributed by atoms with Crippen molar-refractivity contribution in [3.05, 3.63) is 42.7 Å². The maximum absolute atomic E-state index is 12.2.